The minimum Gasteiger partial charge on any atom is -0.494 e. The maximum absolute atomic E-state index is 12.2. The number of ketones is 1. The quantitative estimate of drug-likeness (QED) is 0.800. The van der Waals surface area contributed by atoms with Crippen molar-refractivity contribution in [2.45, 2.75) is 46.6 Å². The van der Waals surface area contributed by atoms with E-state index in [-0.39, 0.29) is 17.2 Å². The zero-order valence-electron chi connectivity index (χ0n) is 12.4. The second-order valence-corrected chi connectivity index (χ2v) is 6.11. The van der Waals surface area contributed by atoms with E-state index in [0.717, 1.165) is 12.2 Å². The van der Waals surface area contributed by atoms with E-state index >= 15 is 0 Å². The van der Waals surface area contributed by atoms with E-state index in [9.17, 15) is 4.79 Å². The number of ether oxygens (including phenoxy) is 1. The van der Waals surface area contributed by atoms with Crippen molar-refractivity contribution in [3.05, 3.63) is 29.8 Å². The molecule has 0 spiro atoms. The molecule has 3 nitrogen and oxygen atoms in total. The Kier molecular flexibility index (Phi) is 5.55. The van der Waals surface area contributed by atoms with E-state index in [1.54, 1.807) is 6.07 Å². The second kappa shape index (κ2) is 6.71. The molecule has 2 N–H and O–H groups in total. The number of carbonyl (C=O) groups is 1. The van der Waals surface area contributed by atoms with Crippen molar-refractivity contribution in [2.75, 3.05) is 6.61 Å². The fourth-order valence-corrected chi connectivity index (χ4v) is 2.14. The van der Waals surface area contributed by atoms with Crippen LogP contribution in [0.25, 0.3) is 0 Å². The Labute approximate surface area is 116 Å². The van der Waals surface area contributed by atoms with Crippen LogP contribution in [-0.2, 0) is 0 Å². The second-order valence-electron chi connectivity index (χ2n) is 6.11. The highest BCUT2D eigenvalue weighted by atomic mass is 16.5. The summed E-state index contributed by atoms with van der Waals surface area (Å²) in [6.45, 7) is 8.92. The van der Waals surface area contributed by atoms with Crippen molar-refractivity contribution in [1.82, 2.24) is 0 Å². The maximum atomic E-state index is 12.2. The first kappa shape index (κ1) is 15.7. The number of carbonyl (C=O) groups excluding carboxylic acids is 1. The van der Waals surface area contributed by atoms with E-state index in [1.165, 1.54) is 0 Å². The van der Waals surface area contributed by atoms with Gasteiger partial charge in [0.2, 0.25) is 0 Å². The van der Waals surface area contributed by atoms with Crippen LogP contribution in [0.4, 0.5) is 0 Å². The monoisotopic (exact) mass is 263 g/mol. The molecular weight excluding hydrogens is 238 g/mol. The molecule has 106 valence electrons. The fourth-order valence-electron chi connectivity index (χ4n) is 2.14. The van der Waals surface area contributed by atoms with Crippen LogP contribution in [0.3, 0.4) is 0 Å². The largest absolute Gasteiger partial charge is 0.494 e. The molecule has 0 bridgehead atoms. The van der Waals surface area contributed by atoms with E-state index in [2.05, 4.69) is 20.8 Å². The highest BCUT2D eigenvalue weighted by molar-refractivity contribution is 5.96. The van der Waals surface area contributed by atoms with Gasteiger partial charge in [0.15, 0.2) is 5.78 Å². The lowest BCUT2D eigenvalue weighted by molar-refractivity contribution is 0.0968. The molecule has 0 heterocycles. The molecule has 1 aromatic rings. The fraction of sp³-hybridized carbons (Fsp3) is 0.562. The molecule has 0 saturated carbocycles. The van der Waals surface area contributed by atoms with Gasteiger partial charge in [0.25, 0.3) is 0 Å². The molecule has 1 atom stereocenters. The van der Waals surface area contributed by atoms with Gasteiger partial charge in [0.05, 0.1) is 6.61 Å². The van der Waals surface area contributed by atoms with Crippen molar-refractivity contribution < 1.29 is 9.53 Å². The highest BCUT2D eigenvalue weighted by Gasteiger charge is 2.19. The minimum absolute atomic E-state index is 0.0818. The molecule has 0 aliphatic carbocycles. The molecule has 0 aliphatic rings. The predicted molar refractivity (Wildman–Crippen MR) is 78.6 cm³/mol. The van der Waals surface area contributed by atoms with Crippen LogP contribution in [0.2, 0.25) is 0 Å². The summed E-state index contributed by atoms with van der Waals surface area (Å²) >= 11 is 0. The van der Waals surface area contributed by atoms with Crippen molar-refractivity contribution in [2.24, 2.45) is 11.1 Å². The Morgan fingerprint density at radius 3 is 2.63 bits per heavy atom. The molecule has 0 aromatic heterocycles. The molecule has 0 aliphatic heterocycles. The number of rotatable bonds is 6. The third-order valence-corrected chi connectivity index (χ3v) is 2.79. The highest BCUT2D eigenvalue weighted by Crippen LogP contribution is 2.22. The Morgan fingerprint density at radius 1 is 1.37 bits per heavy atom. The molecule has 0 radical (unpaired) electrons. The summed E-state index contributed by atoms with van der Waals surface area (Å²) in [6, 6.07) is 7.20. The van der Waals surface area contributed by atoms with Crippen LogP contribution >= 0.6 is 0 Å². The minimum atomic E-state index is -0.0942. The van der Waals surface area contributed by atoms with E-state index in [0.29, 0.717) is 18.6 Å². The van der Waals surface area contributed by atoms with Crippen molar-refractivity contribution in [3.8, 4) is 5.75 Å². The molecule has 0 fully saturated rings. The Bertz CT molecular complexity index is 421. The van der Waals surface area contributed by atoms with Gasteiger partial charge in [0, 0.05) is 18.0 Å². The van der Waals surface area contributed by atoms with Gasteiger partial charge in [0.1, 0.15) is 5.75 Å². The molecule has 1 unspecified atom stereocenters. The summed E-state index contributed by atoms with van der Waals surface area (Å²) in [4.78, 5) is 12.2. The molecule has 1 rings (SSSR count). The average Bonchev–Trinajstić information content (AvgIpc) is 2.27. The lowest BCUT2D eigenvalue weighted by atomic mass is 9.86. The van der Waals surface area contributed by atoms with E-state index < -0.39 is 0 Å². The first-order valence-electron chi connectivity index (χ1n) is 6.83. The first-order chi connectivity index (χ1) is 8.81. The number of nitrogens with two attached hydrogens (primary N) is 1. The van der Waals surface area contributed by atoms with Gasteiger partial charge in [-0.05, 0) is 30.9 Å². The summed E-state index contributed by atoms with van der Waals surface area (Å²) in [5.74, 6) is 0.816. The first-order valence-corrected chi connectivity index (χ1v) is 6.83. The number of hydrogen-bond acceptors (Lipinski definition) is 3. The lowest BCUT2D eigenvalue weighted by Gasteiger charge is -2.22. The third-order valence-electron chi connectivity index (χ3n) is 2.79. The summed E-state index contributed by atoms with van der Waals surface area (Å²) < 4.78 is 5.40. The van der Waals surface area contributed by atoms with Crippen LogP contribution in [0, 0.1) is 5.41 Å². The van der Waals surface area contributed by atoms with Crippen molar-refractivity contribution >= 4 is 5.78 Å². The predicted octanol–water partition coefficient (Wildman–Crippen LogP) is 3.42. The molecular formula is C16H25NO2. The van der Waals surface area contributed by atoms with Crippen LogP contribution in [0.5, 0.6) is 5.75 Å². The lowest BCUT2D eigenvalue weighted by Crippen LogP contribution is -2.29. The van der Waals surface area contributed by atoms with Crippen molar-refractivity contribution in [3.63, 3.8) is 0 Å². The summed E-state index contributed by atoms with van der Waals surface area (Å²) in [5, 5.41) is 0. The van der Waals surface area contributed by atoms with Gasteiger partial charge in [-0.25, -0.2) is 0 Å². The Hall–Kier alpha value is -1.35. The van der Waals surface area contributed by atoms with Crippen LogP contribution in [0.15, 0.2) is 24.3 Å². The van der Waals surface area contributed by atoms with Crippen LogP contribution in [0.1, 0.15) is 50.9 Å². The average molecular weight is 263 g/mol. The smallest absolute Gasteiger partial charge is 0.164 e. The molecule has 3 heteroatoms. The standard InChI is InChI=1S/C16H25NO2/c1-5-19-14-8-6-7-12(9-14)15(18)10-13(17)11-16(2,3)4/h6-9,13H,5,10-11,17H2,1-4H3. The zero-order chi connectivity index (χ0) is 14.5. The Balaban J connectivity index is 2.65. The SMILES string of the molecule is CCOc1cccc(C(=O)CC(N)CC(C)(C)C)c1. The molecule has 0 amide bonds. The van der Waals surface area contributed by atoms with Gasteiger partial charge in [-0.2, -0.15) is 0 Å². The summed E-state index contributed by atoms with van der Waals surface area (Å²) in [5.41, 5.74) is 6.86. The van der Waals surface area contributed by atoms with Gasteiger partial charge in [-0.1, -0.05) is 32.9 Å². The van der Waals surface area contributed by atoms with Crippen LogP contribution in [-0.4, -0.2) is 18.4 Å². The number of benzene rings is 1. The topological polar surface area (TPSA) is 52.3 Å². The van der Waals surface area contributed by atoms with E-state index in [4.69, 9.17) is 10.5 Å². The molecule has 19 heavy (non-hydrogen) atoms. The summed E-state index contributed by atoms with van der Waals surface area (Å²) in [7, 11) is 0. The normalized spacial score (nSPS) is 13.1. The summed E-state index contributed by atoms with van der Waals surface area (Å²) in [6.07, 6.45) is 1.22. The number of hydrogen-bond donors (Lipinski definition) is 1. The van der Waals surface area contributed by atoms with Gasteiger partial charge in [-0.3, -0.25) is 4.79 Å². The molecule has 0 saturated heterocycles. The van der Waals surface area contributed by atoms with Crippen LogP contribution < -0.4 is 10.5 Å². The molecule has 1 aromatic carbocycles. The number of Topliss-reactive ketones (excluding diaryl/α,β-unsaturated/α-hetero) is 1. The van der Waals surface area contributed by atoms with Gasteiger partial charge in [-0.15, -0.1) is 0 Å². The zero-order valence-corrected chi connectivity index (χ0v) is 12.4. The van der Waals surface area contributed by atoms with Crippen molar-refractivity contribution in [1.29, 1.82) is 0 Å². The van der Waals surface area contributed by atoms with E-state index in [1.807, 2.05) is 25.1 Å². The van der Waals surface area contributed by atoms with Gasteiger partial charge >= 0.3 is 0 Å². The maximum Gasteiger partial charge on any atom is 0.164 e. The third kappa shape index (κ3) is 5.88. The Morgan fingerprint density at radius 2 is 2.05 bits per heavy atom. The van der Waals surface area contributed by atoms with Gasteiger partial charge < -0.3 is 10.5 Å².